The molecule has 2 aliphatic carbocycles. The Labute approximate surface area is 118 Å². The molecule has 20 heavy (non-hydrogen) atoms. The highest BCUT2D eigenvalue weighted by molar-refractivity contribution is 5.97. The van der Waals surface area contributed by atoms with E-state index in [9.17, 15) is 9.59 Å². The second-order valence-corrected chi connectivity index (χ2v) is 6.94. The zero-order valence-corrected chi connectivity index (χ0v) is 11.8. The lowest BCUT2D eigenvalue weighted by atomic mass is 9.53. The van der Waals surface area contributed by atoms with Crippen molar-refractivity contribution in [2.45, 2.75) is 44.4 Å². The smallest absolute Gasteiger partial charge is 0.321 e. The van der Waals surface area contributed by atoms with Crippen molar-refractivity contribution in [1.29, 1.82) is 0 Å². The van der Waals surface area contributed by atoms with Crippen molar-refractivity contribution < 1.29 is 14.3 Å². The van der Waals surface area contributed by atoms with Gasteiger partial charge in [-0.15, -0.1) is 0 Å². The van der Waals surface area contributed by atoms with Crippen LogP contribution < -0.4 is 0 Å². The SMILES string of the molecule is C[C@]12CCC[C@@]3(C)c4ccccc4[C@H](C(=O)OC1=O)[C@H]23. The number of ether oxygens (including phenoxy) is 1. The van der Waals surface area contributed by atoms with E-state index >= 15 is 0 Å². The van der Waals surface area contributed by atoms with Crippen LogP contribution in [-0.4, -0.2) is 11.9 Å². The maximum absolute atomic E-state index is 12.3. The van der Waals surface area contributed by atoms with Gasteiger partial charge in [-0.05, 0) is 36.3 Å². The lowest BCUT2D eigenvalue weighted by molar-refractivity contribution is -0.185. The lowest BCUT2D eigenvalue weighted by Gasteiger charge is -2.50. The molecule has 1 heterocycles. The highest BCUT2D eigenvalue weighted by Crippen LogP contribution is 2.65. The predicted molar refractivity (Wildman–Crippen MR) is 73.1 cm³/mol. The van der Waals surface area contributed by atoms with Gasteiger partial charge in [-0.3, -0.25) is 9.59 Å². The number of fused-ring (bicyclic) bond motifs is 3. The van der Waals surface area contributed by atoms with Crippen molar-refractivity contribution in [3.8, 4) is 0 Å². The molecule has 3 nitrogen and oxygen atoms in total. The summed E-state index contributed by atoms with van der Waals surface area (Å²) in [6, 6.07) is 8.15. The quantitative estimate of drug-likeness (QED) is 0.538. The van der Waals surface area contributed by atoms with E-state index in [-0.39, 0.29) is 29.2 Å². The van der Waals surface area contributed by atoms with Crippen LogP contribution in [-0.2, 0) is 19.7 Å². The van der Waals surface area contributed by atoms with Gasteiger partial charge in [-0.1, -0.05) is 37.6 Å². The van der Waals surface area contributed by atoms with Crippen molar-refractivity contribution in [2.24, 2.45) is 11.3 Å². The summed E-state index contributed by atoms with van der Waals surface area (Å²) in [7, 11) is 0. The number of carbonyl (C=O) groups is 2. The minimum atomic E-state index is -0.523. The van der Waals surface area contributed by atoms with E-state index < -0.39 is 5.41 Å². The van der Waals surface area contributed by atoms with Crippen LogP contribution in [0, 0.1) is 11.3 Å². The molecule has 104 valence electrons. The molecule has 1 saturated carbocycles. The second-order valence-electron chi connectivity index (χ2n) is 6.94. The summed E-state index contributed by atoms with van der Waals surface area (Å²) in [5.41, 5.74) is 1.71. The first-order valence-corrected chi connectivity index (χ1v) is 7.34. The number of hydrogen-bond donors (Lipinski definition) is 0. The average molecular weight is 270 g/mol. The fourth-order valence-corrected chi connectivity index (χ4v) is 5.11. The van der Waals surface area contributed by atoms with Crippen molar-refractivity contribution in [3.05, 3.63) is 35.4 Å². The molecule has 1 aromatic carbocycles. The van der Waals surface area contributed by atoms with Gasteiger partial charge in [0.05, 0.1) is 11.3 Å². The predicted octanol–water partition coefficient (Wildman–Crippen LogP) is 2.93. The standard InChI is InChI=1S/C17H18O3/c1-16-8-5-9-17(2)13(16)12(14(18)20-15(17)19)10-6-3-4-7-11(10)16/h3-4,6-7,12-13H,5,8-9H2,1-2H3/t12-,13-,16-,17+/m0/s1. The van der Waals surface area contributed by atoms with Crippen LogP contribution in [0.5, 0.6) is 0 Å². The number of carbonyl (C=O) groups excluding carboxylic acids is 2. The second kappa shape index (κ2) is 3.51. The van der Waals surface area contributed by atoms with Gasteiger partial charge in [0, 0.05) is 5.92 Å². The summed E-state index contributed by atoms with van der Waals surface area (Å²) in [5.74, 6) is -0.882. The number of esters is 2. The van der Waals surface area contributed by atoms with Gasteiger partial charge in [0.2, 0.25) is 0 Å². The molecule has 0 N–H and O–H groups in total. The molecular formula is C17H18O3. The first-order chi connectivity index (χ1) is 9.48. The van der Waals surface area contributed by atoms with Gasteiger partial charge in [-0.25, -0.2) is 0 Å². The highest BCUT2D eigenvalue weighted by Gasteiger charge is 2.66. The Morgan fingerprint density at radius 1 is 1.10 bits per heavy atom. The van der Waals surface area contributed by atoms with E-state index in [1.54, 1.807) is 0 Å². The summed E-state index contributed by atoms with van der Waals surface area (Å²) >= 11 is 0. The molecule has 0 amide bonds. The molecular weight excluding hydrogens is 252 g/mol. The van der Waals surface area contributed by atoms with Crippen molar-refractivity contribution >= 4 is 11.9 Å². The minimum Gasteiger partial charge on any atom is -0.392 e. The number of hydrogen-bond acceptors (Lipinski definition) is 3. The Bertz CT molecular complexity index is 635. The molecule has 0 aromatic heterocycles. The van der Waals surface area contributed by atoms with E-state index in [4.69, 9.17) is 4.74 Å². The number of cyclic esters (lactones) is 2. The van der Waals surface area contributed by atoms with Gasteiger partial charge in [0.25, 0.3) is 0 Å². The molecule has 4 rings (SSSR count). The van der Waals surface area contributed by atoms with E-state index in [1.165, 1.54) is 5.56 Å². The van der Waals surface area contributed by atoms with E-state index in [1.807, 2.05) is 25.1 Å². The van der Waals surface area contributed by atoms with Crippen LogP contribution in [0.15, 0.2) is 24.3 Å². The van der Waals surface area contributed by atoms with Crippen molar-refractivity contribution in [2.75, 3.05) is 0 Å². The third-order valence-corrected chi connectivity index (χ3v) is 5.92. The maximum Gasteiger partial charge on any atom is 0.321 e. The van der Waals surface area contributed by atoms with Crippen LogP contribution in [0.2, 0.25) is 0 Å². The van der Waals surface area contributed by atoms with E-state index in [0.717, 1.165) is 24.8 Å². The zero-order chi connectivity index (χ0) is 14.1. The van der Waals surface area contributed by atoms with Gasteiger partial charge >= 0.3 is 11.9 Å². The van der Waals surface area contributed by atoms with Crippen LogP contribution in [0.4, 0.5) is 0 Å². The summed E-state index contributed by atoms with van der Waals surface area (Å²) in [4.78, 5) is 24.7. The van der Waals surface area contributed by atoms with Crippen molar-refractivity contribution in [1.82, 2.24) is 0 Å². The summed E-state index contributed by atoms with van der Waals surface area (Å²) in [6.45, 7) is 4.21. The van der Waals surface area contributed by atoms with Crippen LogP contribution in [0.25, 0.3) is 0 Å². The van der Waals surface area contributed by atoms with Gasteiger partial charge < -0.3 is 4.74 Å². The molecule has 1 saturated heterocycles. The third kappa shape index (κ3) is 1.17. The third-order valence-electron chi connectivity index (χ3n) is 5.92. The highest BCUT2D eigenvalue weighted by atomic mass is 16.6. The largest absolute Gasteiger partial charge is 0.392 e. The number of benzene rings is 1. The van der Waals surface area contributed by atoms with Gasteiger partial charge in [0.1, 0.15) is 0 Å². The van der Waals surface area contributed by atoms with Gasteiger partial charge in [0.15, 0.2) is 0 Å². The molecule has 3 aliphatic rings. The Balaban J connectivity index is 2.01. The normalized spacial score (nSPS) is 41.9. The van der Waals surface area contributed by atoms with Gasteiger partial charge in [-0.2, -0.15) is 0 Å². The summed E-state index contributed by atoms with van der Waals surface area (Å²) < 4.78 is 5.11. The Morgan fingerprint density at radius 2 is 1.80 bits per heavy atom. The molecule has 2 fully saturated rings. The maximum atomic E-state index is 12.3. The van der Waals surface area contributed by atoms with Crippen LogP contribution in [0.3, 0.4) is 0 Å². The molecule has 0 spiro atoms. The van der Waals surface area contributed by atoms with Crippen LogP contribution >= 0.6 is 0 Å². The number of rotatable bonds is 0. The Morgan fingerprint density at radius 3 is 2.60 bits per heavy atom. The molecule has 3 heteroatoms. The first-order valence-electron chi connectivity index (χ1n) is 7.34. The zero-order valence-electron chi connectivity index (χ0n) is 11.8. The minimum absolute atomic E-state index is 0.0508. The molecule has 0 bridgehead atoms. The summed E-state index contributed by atoms with van der Waals surface area (Å²) in [6.07, 6.45) is 2.87. The fourth-order valence-electron chi connectivity index (χ4n) is 5.11. The monoisotopic (exact) mass is 270 g/mol. The van der Waals surface area contributed by atoms with E-state index in [2.05, 4.69) is 13.0 Å². The molecule has 0 radical (unpaired) electrons. The van der Waals surface area contributed by atoms with Crippen molar-refractivity contribution in [3.63, 3.8) is 0 Å². The molecule has 1 aromatic rings. The first kappa shape index (κ1) is 12.1. The van der Waals surface area contributed by atoms with E-state index in [0.29, 0.717) is 0 Å². The Hall–Kier alpha value is -1.64. The topological polar surface area (TPSA) is 43.4 Å². The van der Waals surface area contributed by atoms with Crippen LogP contribution in [0.1, 0.15) is 50.2 Å². The Kier molecular flexibility index (Phi) is 2.13. The molecule has 0 unspecified atom stereocenters. The lowest BCUT2D eigenvalue weighted by Crippen LogP contribution is -2.55. The average Bonchev–Trinajstić information content (AvgIpc) is 2.69. The fraction of sp³-hybridized carbons (Fsp3) is 0.529. The molecule has 1 aliphatic heterocycles. The summed E-state index contributed by atoms with van der Waals surface area (Å²) in [5, 5.41) is 0. The molecule has 4 atom stereocenters.